The van der Waals surface area contributed by atoms with Crippen molar-refractivity contribution in [2.75, 3.05) is 14.2 Å². The molecular weight excluding hydrogens is 292 g/mol. The Morgan fingerprint density at radius 2 is 1.57 bits per heavy atom. The van der Waals surface area contributed by atoms with Crippen LogP contribution in [-0.2, 0) is 24.5 Å². The Kier molecular flexibility index (Phi) is 4.64. The van der Waals surface area contributed by atoms with Crippen molar-refractivity contribution in [2.45, 2.75) is 38.5 Å². The van der Waals surface area contributed by atoms with E-state index in [1.807, 2.05) is 6.08 Å². The molecule has 0 aliphatic heterocycles. The van der Waals surface area contributed by atoms with Crippen LogP contribution in [0, 0.1) is 5.41 Å². The molecule has 0 saturated heterocycles. The van der Waals surface area contributed by atoms with Crippen LogP contribution in [0.15, 0.2) is 36.4 Å². The van der Waals surface area contributed by atoms with Gasteiger partial charge in [-0.1, -0.05) is 57.2 Å². The highest BCUT2D eigenvalue weighted by atomic mass is 16.5. The Morgan fingerprint density at radius 3 is 2.00 bits per heavy atom. The summed E-state index contributed by atoms with van der Waals surface area (Å²) in [6, 6.07) is 8.30. The molecule has 124 valence electrons. The van der Waals surface area contributed by atoms with E-state index in [9.17, 15) is 9.59 Å². The number of benzene rings is 1. The second-order valence-corrected chi connectivity index (χ2v) is 7.00. The zero-order chi connectivity index (χ0) is 17.3. The molecule has 0 fully saturated rings. The summed E-state index contributed by atoms with van der Waals surface area (Å²) in [5.74, 6) is -1.16. The Labute approximate surface area is 137 Å². The predicted octanol–water partition coefficient (Wildman–Crippen LogP) is 3.36. The van der Waals surface area contributed by atoms with Crippen LogP contribution in [0.3, 0.4) is 0 Å². The second-order valence-electron chi connectivity index (χ2n) is 7.00. The lowest BCUT2D eigenvalue weighted by atomic mass is 9.82. The number of hydrogen-bond acceptors (Lipinski definition) is 4. The molecule has 0 heterocycles. The van der Waals surface area contributed by atoms with Crippen molar-refractivity contribution >= 4 is 11.9 Å². The molecule has 0 radical (unpaired) electrons. The van der Waals surface area contributed by atoms with Crippen molar-refractivity contribution in [2.24, 2.45) is 5.41 Å². The number of methoxy groups -OCH3 is 2. The average molecular weight is 316 g/mol. The fraction of sp³-hybridized carbons (Fsp3) is 0.474. The number of ether oxygens (including phenoxy) is 2. The fourth-order valence-corrected chi connectivity index (χ4v) is 2.97. The van der Waals surface area contributed by atoms with Gasteiger partial charge in [-0.2, -0.15) is 0 Å². The predicted molar refractivity (Wildman–Crippen MR) is 88.1 cm³/mol. The van der Waals surface area contributed by atoms with E-state index in [1.165, 1.54) is 19.8 Å². The van der Waals surface area contributed by atoms with E-state index in [-0.39, 0.29) is 11.3 Å². The van der Waals surface area contributed by atoms with E-state index < -0.39 is 17.4 Å². The summed E-state index contributed by atoms with van der Waals surface area (Å²) < 4.78 is 9.63. The number of rotatable bonds is 3. The molecule has 4 heteroatoms. The van der Waals surface area contributed by atoms with Gasteiger partial charge in [-0.25, -0.2) is 0 Å². The van der Waals surface area contributed by atoms with E-state index in [2.05, 4.69) is 45.0 Å². The summed E-state index contributed by atoms with van der Waals surface area (Å²) in [5, 5.41) is 0. The van der Waals surface area contributed by atoms with Crippen molar-refractivity contribution in [3.8, 4) is 0 Å². The van der Waals surface area contributed by atoms with Crippen LogP contribution in [0.2, 0.25) is 0 Å². The summed E-state index contributed by atoms with van der Waals surface area (Å²) in [6.45, 7) is 6.49. The first kappa shape index (κ1) is 17.3. The van der Waals surface area contributed by atoms with Crippen LogP contribution in [0.4, 0.5) is 0 Å². The minimum Gasteiger partial charge on any atom is -0.468 e. The highest BCUT2D eigenvalue weighted by Gasteiger charge is 2.50. The van der Waals surface area contributed by atoms with Crippen LogP contribution in [0.25, 0.3) is 0 Å². The van der Waals surface area contributed by atoms with Gasteiger partial charge in [0.25, 0.3) is 0 Å². The van der Waals surface area contributed by atoms with Gasteiger partial charge in [-0.3, -0.25) is 9.59 Å². The molecule has 1 aromatic rings. The number of allylic oxidation sites excluding steroid dienone is 1. The largest absolute Gasteiger partial charge is 0.468 e. The third-order valence-corrected chi connectivity index (χ3v) is 4.46. The first-order valence-electron chi connectivity index (χ1n) is 7.71. The number of esters is 2. The van der Waals surface area contributed by atoms with Crippen LogP contribution < -0.4 is 0 Å². The Morgan fingerprint density at radius 1 is 1.04 bits per heavy atom. The molecule has 0 saturated carbocycles. The van der Waals surface area contributed by atoms with Crippen molar-refractivity contribution in [3.05, 3.63) is 47.5 Å². The Bertz CT molecular complexity index is 604. The summed E-state index contributed by atoms with van der Waals surface area (Å²) in [4.78, 5) is 24.2. The molecule has 1 atom stereocenters. The molecule has 1 aromatic carbocycles. The third kappa shape index (κ3) is 3.16. The quantitative estimate of drug-likeness (QED) is 0.487. The van der Waals surface area contributed by atoms with Crippen molar-refractivity contribution in [1.29, 1.82) is 0 Å². The minimum absolute atomic E-state index is 0.0118. The molecule has 0 aromatic heterocycles. The van der Waals surface area contributed by atoms with Crippen LogP contribution in [-0.4, -0.2) is 26.2 Å². The van der Waals surface area contributed by atoms with E-state index in [0.29, 0.717) is 6.42 Å². The van der Waals surface area contributed by atoms with Gasteiger partial charge in [0.05, 0.1) is 14.2 Å². The normalized spacial score (nSPS) is 19.4. The van der Waals surface area contributed by atoms with Crippen molar-refractivity contribution < 1.29 is 19.1 Å². The van der Waals surface area contributed by atoms with Gasteiger partial charge in [0.2, 0.25) is 0 Å². The first-order valence-corrected chi connectivity index (χ1v) is 7.71. The van der Waals surface area contributed by atoms with Gasteiger partial charge in [0.15, 0.2) is 5.41 Å². The smallest absolute Gasteiger partial charge is 0.327 e. The molecule has 1 aliphatic carbocycles. The zero-order valence-electron chi connectivity index (χ0n) is 14.4. The number of hydrogen-bond donors (Lipinski definition) is 0. The van der Waals surface area contributed by atoms with Crippen LogP contribution in [0.1, 0.15) is 44.2 Å². The molecule has 4 nitrogen and oxygen atoms in total. The zero-order valence-corrected chi connectivity index (χ0v) is 14.4. The molecule has 1 aliphatic rings. The maximum atomic E-state index is 12.1. The van der Waals surface area contributed by atoms with E-state index in [4.69, 9.17) is 9.47 Å². The maximum absolute atomic E-state index is 12.1. The molecule has 0 unspecified atom stereocenters. The molecule has 0 bridgehead atoms. The molecule has 0 amide bonds. The van der Waals surface area contributed by atoms with Gasteiger partial charge < -0.3 is 9.47 Å². The summed E-state index contributed by atoms with van der Waals surface area (Å²) >= 11 is 0. The van der Waals surface area contributed by atoms with Crippen molar-refractivity contribution in [3.63, 3.8) is 0 Å². The lowest BCUT2D eigenvalue weighted by Gasteiger charge is -2.23. The van der Waals surface area contributed by atoms with Gasteiger partial charge in [0, 0.05) is 5.92 Å². The molecule has 0 spiro atoms. The minimum atomic E-state index is -1.34. The molecule has 0 N–H and O–H groups in total. The lowest BCUT2D eigenvalue weighted by molar-refractivity contribution is -0.165. The third-order valence-electron chi connectivity index (χ3n) is 4.46. The van der Waals surface area contributed by atoms with Crippen LogP contribution in [0.5, 0.6) is 0 Å². The van der Waals surface area contributed by atoms with Gasteiger partial charge in [-0.05, 0) is 23.0 Å². The van der Waals surface area contributed by atoms with E-state index in [0.717, 1.165) is 5.56 Å². The highest BCUT2D eigenvalue weighted by molar-refractivity contribution is 6.03. The molecule has 2 rings (SSSR count). The number of carbonyl (C=O) groups is 2. The van der Waals surface area contributed by atoms with Gasteiger partial charge >= 0.3 is 11.9 Å². The highest BCUT2D eigenvalue weighted by Crippen LogP contribution is 2.43. The monoisotopic (exact) mass is 316 g/mol. The lowest BCUT2D eigenvalue weighted by Crippen LogP contribution is -2.38. The van der Waals surface area contributed by atoms with Crippen molar-refractivity contribution in [1.82, 2.24) is 0 Å². The Hall–Kier alpha value is -2.10. The molecular formula is C19H24O4. The molecule has 23 heavy (non-hydrogen) atoms. The average Bonchev–Trinajstić information content (AvgIpc) is 2.99. The van der Waals surface area contributed by atoms with E-state index >= 15 is 0 Å². The Balaban J connectivity index is 2.26. The van der Waals surface area contributed by atoms with Crippen LogP contribution >= 0.6 is 0 Å². The second kappa shape index (κ2) is 6.19. The van der Waals surface area contributed by atoms with Gasteiger partial charge in [-0.15, -0.1) is 0 Å². The number of carbonyl (C=O) groups excluding carboxylic acids is 2. The summed E-state index contributed by atoms with van der Waals surface area (Å²) in [7, 11) is 2.57. The maximum Gasteiger partial charge on any atom is 0.327 e. The SMILES string of the molecule is COC(=O)C1(C(=O)OC)C=C[C@H](c2ccc(C(C)(C)C)cc2)C1. The fourth-order valence-electron chi connectivity index (χ4n) is 2.97. The first-order chi connectivity index (χ1) is 10.7. The van der Waals surface area contributed by atoms with E-state index in [1.54, 1.807) is 6.08 Å². The topological polar surface area (TPSA) is 52.6 Å². The van der Waals surface area contributed by atoms with Gasteiger partial charge in [0.1, 0.15) is 0 Å². The summed E-state index contributed by atoms with van der Waals surface area (Å²) in [6.07, 6.45) is 3.84. The summed E-state index contributed by atoms with van der Waals surface area (Å²) in [5.41, 5.74) is 1.07. The standard InChI is InChI=1S/C19H24O4/c1-18(2,3)15-8-6-13(7-9-15)14-10-11-19(12-14,16(20)22-4)17(21)23-5/h6-11,14H,12H2,1-5H3/t14-/m0/s1.